The first kappa shape index (κ1) is 51.5. The minimum atomic E-state index is -4.38. The third kappa shape index (κ3) is 40.0. The van der Waals surface area contributed by atoms with E-state index in [0.29, 0.717) is 6.42 Å². The quantitative estimate of drug-likeness (QED) is 0.0269. The summed E-state index contributed by atoms with van der Waals surface area (Å²) in [5.74, 6) is -0.873. The first-order valence-electron chi connectivity index (χ1n) is 21.8. The molecule has 9 nitrogen and oxygen atoms in total. The number of carbonyl (C=O) groups is 2. The molecule has 0 aromatic rings. The zero-order valence-corrected chi connectivity index (χ0v) is 35.2. The number of esters is 2. The van der Waals surface area contributed by atoms with Gasteiger partial charge in [-0.3, -0.25) is 18.6 Å². The number of ether oxygens (including phenoxy) is 2. The number of rotatable bonds is 41. The fourth-order valence-corrected chi connectivity index (χ4v) is 6.85. The minimum Gasteiger partial charge on any atom is -0.462 e. The number of carbonyl (C=O) groups excluding carboxylic acids is 2. The predicted molar refractivity (Wildman–Crippen MR) is 220 cm³/mol. The Balaban J connectivity index is 4.20. The first-order chi connectivity index (χ1) is 25.8. The maximum Gasteiger partial charge on any atom is 0.472 e. The Bertz CT molecular complexity index is 928. The molecule has 0 aliphatic carbocycles. The Morgan fingerprint density at radius 1 is 0.566 bits per heavy atom. The highest BCUT2D eigenvalue weighted by Gasteiger charge is 2.25. The lowest BCUT2D eigenvalue weighted by atomic mass is 10.0. The van der Waals surface area contributed by atoms with E-state index < -0.39 is 26.5 Å². The summed E-state index contributed by atoms with van der Waals surface area (Å²) in [6, 6.07) is 0. The fraction of sp³-hybridized carbons (Fsp3) is 0.860. The zero-order chi connectivity index (χ0) is 38.9. The van der Waals surface area contributed by atoms with Crippen molar-refractivity contribution in [3.05, 3.63) is 24.3 Å². The maximum absolute atomic E-state index is 12.6. The Kier molecular flexibility index (Phi) is 39.0. The molecule has 0 aromatic carbocycles. The molecule has 3 N–H and O–H groups in total. The molecule has 0 heterocycles. The van der Waals surface area contributed by atoms with Gasteiger partial charge in [-0.15, -0.1) is 0 Å². The third-order valence-electron chi connectivity index (χ3n) is 9.34. The van der Waals surface area contributed by atoms with E-state index in [9.17, 15) is 19.0 Å². The third-order valence-corrected chi connectivity index (χ3v) is 10.3. The Morgan fingerprint density at radius 3 is 1.49 bits per heavy atom. The number of hydrogen-bond acceptors (Lipinski definition) is 8. The van der Waals surface area contributed by atoms with E-state index in [1.54, 1.807) is 0 Å². The van der Waals surface area contributed by atoms with Crippen LogP contribution in [0.5, 0.6) is 0 Å². The number of allylic oxidation sites excluding steroid dienone is 4. The second-order valence-electron chi connectivity index (χ2n) is 14.6. The minimum absolute atomic E-state index is 0.0489. The lowest BCUT2D eigenvalue weighted by Gasteiger charge is -2.19. The van der Waals surface area contributed by atoms with Crippen molar-refractivity contribution < 1.29 is 37.6 Å². The summed E-state index contributed by atoms with van der Waals surface area (Å²) < 4.78 is 32.7. The van der Waals surface area contributed by atoms with Crippen molar-refractivity contribution in [2.75, 3.05) is 26.4 Å². The lowest BCUT2D eigenvalue weighted by Crippen LogP contribution is -2.29. The van der Waals surface area contributed by atoms with Gasteiger partial charge in [-0.2, -0.15) is 0 Å². The van der Waals surface area contributed by atoms with E-state index in [2.05, 4.69) is 38.2 Å². The normalized spacial score (nSPS) is 13.5. The number of hydrogen-bond donors (Lipinski definition) is 2. The van der Waals surface area contributed by atoms with Crippen molar-refractivity contribution >= 4 is 19.8 Å². The highest BCUT2D eigenvalue weighted by Crippen LogP contribution is 2.43. The summed E-state index contributed by atoms with van der Waals surface area (Å²) in [6.45, 7) is 3.70. The lowest BCUT2D eigenvalue weighted by molar-refractivity contribution is -0.161. The van der Waals surface area contributed by atoms with Gasteiger partial charge in [0.2, 0.25) is 0 Å². The second kappa shape index (κ2) is 40.2. The van der Waals surface area contributed by atoms with E-state index >= 15 is 0 Å². The van der Waals surface area contributed by atoms with Crippen molar-refractivity contribution in [3.63, 3.8) is 0 Å². The molecule has 0 bridgehead atoms. The molecule has 0 fully saturated rings. The molecular weight excluding hydrogens is 689 g/mol. The average Bonchev–Trinajstić information content (AvgIpc) is 3.14. The summed E-state index contributed by atoms with van der Waals surface area (Å²) in [5, 5.41) is 0. The highest BCUT2D eigenvalue weighted by molar-refractivity contribution is 7.47. The second-order valence-corrected chi connectivity index (χ2v) is 16.0. The van der Waals surface area contributed by atoms with Gasteiger partial charge in [-0.25, -0.2) is 4.57 Å². The van der Waals surface area contributed by atoms with E-state index in [-0.39, 0.29) is 38.6 Å². The number of phosphoric ester groups is 1. The van der Waals surface area contributed by atoms with Crippen LogP contribution in [0.4, 0.5) is 0 Å². The molecule has 0 saturated heterocycles. The monoisotopic (exact) mass is 772 g/mol. The molecule has 312 valence electrons. The van der Waals surface area contributed by atoms with Crippen molar-refractivity contribution in [2.24, 2.45) is 5.73 Å². The van der Waals surface area contributed by atoms with Gasteiger partial charge in [-0.05, 0) is 38.5 Å². The van der Waals surface area contributed by atoms with Crippen LogP contribution in [-0.2, 0) is 32.7 Å². The van der Waals surface area contributed by atoms with Crippen LogP contribution in [0.15, 0.2) is 24.3 Å². The van der Waals surface area contributed by atoms with Gasteiger partial charge >= 0.3 is 19.8 Å². The van der Waals surface area contributed by atoms with E-state index in [0.717, 1.165) is 38.5 Å². The predicted octanol–water partition coefficient (Wildman–Crippen LogP) is 12.4. The van der Waals surface area contributed by atoms with Gasteiger partial charge < -0.3 is 20.1 Å². The van der Waals surface area contributed by atoms with Gasteiger partial charge in [-0.1, -0.05) is 179 Å². The maximum atomic E-state index is 12.6. The molecule has 0 aliphatic heterocycles. The first-order valence-corrected chi connectivity index (χ1v) is 23.3. The number of nitrogens with two attached hydrogens (primary N) is 1. The number of unbranched alkanes of at least 4 members (excludes halogenated alkanes) is 24. The fourth-order valence-electron chi connectivity index (χ4n) is 6.09. The molecule has 0 aliphatic rings. The summed E-state index contributed by atoms with van der Waals surface area (Å²) in [7, 11) is -4.38. The molecule has 2 atom stereocenters. The van der Waals surface area contributed by atoms with Crippen LogP contribution < -0.4 is 5.73 Å². The van der Waals surface area contributed by atoms with E-state index in [1.165, 1.54) is 135 Å². The van der Waals surface area contributed by atoms with Crippen LogP contribution in [0.1, 0.15) is 206 Å². The van der Waals surface area contributed by atoms with Gasteiger partial charge in [0.15, 0.2) is 6.10 Å². The summed E-state index contributed by atoms with van der Waals surface area (Å²) >= 11 is 0. The molecule has 1 unspecified atom stereocenters. The van der Waals surface area contributed by atoms with Gasteiger partial charge in [0.1, 0.15) is 6.61 Å². The number of phosphoric acid groups is 1. The van der Waals surface area contributed by atoms with Gasteiger partial charge in [0.05, 0.1) is 13.2 Å². The van der Waals surface area contributed by atoms with Crippen LogP contribution in [-0.4, -0.2) is 49.3 Å². The molecule has 0 amide bonds. The summed E-state index contributed by atoms with van der Waals surface area (Å²) in [4.78, 5) is 34.8. The van der Waals surface area contributed by atoms with Crippen LogP contribution >= 0.6 is 7.82 Å². The SMILES string of the molecule is CCCCCCCCCCC/C=C/C/C=C/CCCC(=O)O[C@H](COC(=O)CCCCCCCCCCCCCCCCC)COP(=O)(O)OCCN. The topological polar surface area (TPSA) is 134 Å². The molecule has 10 heteroatoms. The van der Waals surface area contributed by atoms with Crippen LogP contribution in [0, 0.1) is 0 Å². The van der Waals surface area contributed by atoms with Gasteiger partial charge in [0.25, 0.3) is 0 Å². The largest absolute Gasteiger partial charge is 0.472 e. The summed E-state index contributed by atoms with van der Waals surface area (Å²) in [6.07, 6.45) is 42.1. The Morgan fingerprint density at radius 2 is 1.00 bits per heavy atom. The molecule has 0 aromatic heterocycles. The van der Waals surface area contributed by atoms with Gasteiger partial charge in [0, 0.05) is 19.4 Å². The van der Waals surface area contributed by atoms with Crippen molar-refractivity contribution in [1.82, 2.24) is 0 Å². The zero-order valence-electron chi connectivity index (χ0n) is 34.3. The standard InChI is InChI=1S/C43H82NO8P/c1-3-5-7-9-11-13-15-17-19-20-22-24-26-28-30-32-34-36-43(46)52-41(40-51-53(47,48)50-38-37-44)39-49-42(45)35-33-31-29-27-25-23-21-18-16-14-12-10-8-6-4-2/h22,24,28,30,41H,3-21,23,25-27,29,31-40,44H2,1-2H3,(H,47,48)/b24-22+,30-28+/t41-/m1/s1. The molecule has 0 rings (SSSR count). The molecule has 53 heavy (non-hydrogen) atoms. The Hall–Kier alpha value is -1.51. The molecular formula is C43H82NO8P. The van der Waals surface area contributed by atoms with E-state index in [1.807, 2.05) is 0 Å². The van der Waals surface area contributed by atoms with Crippen molar-refractivity contribution in [3.8, 4) is 0 Å². The highest BCUT2D eigenvalue weighted by atomic mass is 31.2. The van der Waals surface area contributed by atoms with Crippen LogP contribution in [0.3, 0.4) is 0 Å². The van der Waals surface area contributed by atoms with Crippen LogP contribution in [0.25, 0.3) is 0 Å². The molecule has 0 saturated carbocycles. The average molecular weight is 772 g/mol. The smallest absolute Gasteiger partial charge is 0.462 e. The molecule has 0 spiro atoms. The molecule has 0 radical (unpaired) electrons. The summed E-state index contributed by atoms with van der Waals surface area (Å²) in [5.41, 5.74) is 5.34. The Labute approximate surface area is 325 Å². The van der Waals surface area contributed by atoms with Crippen LogP contribution in [0.2, 0.25) is 0 Å². The van der Waals surface area contributed by atoms with E-state index in [4.69, 9.17) is 24.3 Å². The van der Waals surface area contributed by atoms with Crippen molar-refractivity contribution in [1.29, 1.82) is 0 Å². The van der Waals surface area contributed by atoms with Crippen molar-refractivity contribution in [2.45, 2.75) is 213 Å².